The maximum atomic E-state index is 11.7. The summed E-state index contributed by atoms with van der Waals surface area (Å²) in [4.78, 5) is 32.3. The number of nitrogens with zero attached hydrogens (tertiary/aromatic N) is 1. The molecule has 21 heavy (non-hydrogen) atoms. The van der Waals surface area contributed by atoms with E-state index < -0.39 is 50.5 Å². The van der Waals surface area contributed by atoms with Crippen LogP contribution in [0.2, 0.25) is 0 Å². The second kappa shape index (κ2) is 6.28. The Labute approximate surface area is 118 Å². The monoisotopic (exact) mass is 318 g/mol. The average Bonchev–Trinajstić information content (AvgIpc) is 2.36. The molecule has 0 saturated carbocycles. The summed E-state index contributed by atoms with van der Waals surface area (Å²) >= 11 is 0. The molecule has 10 nitrogen and oxygen atoms in total. The third-order valence-electron chi connectivity index (χ3n) is 2.28. The fourth-order valence-corrected chi connectivity index (χ4v) is 1.73. The van der Waals surface area contributed by atoms with Gasteiger partial charge in [-0.2, -0.15) is 8.42 Å². The van der Waals surface area contributed by atoms with Gasteiger partial charge in [-0.15, -0.1) is 0 Å². The second-order valence-corrected chi connectivity index (χ2v) is 5.44. The number of carbonyl (C=O) groups is 2. The Morgan fingerprint density at radius 1 is 1.24 bits per heavy atom. The number of aromatic carboxylic acids is 1. The largest absolute Gasteiger partial charge is 0.478 e. The first-order valence-electron chi connectivity index (χ1n) is 5.36. The van der Waals surface area contributed by atoms with E-state index in [0.29, 0.717) is 0 Å². The van der Waals surface area contributed by atoms with Crippen LogP contribution in [0.1, 0.15) is 20.7 Å². The molecule has 0 unspecified atom stereocenters. The minimum Gasteiger partial charge on any atom is -0.478 e. The van der Waals surface area contributed by atoms with Crippen LogP contribution in [0.3, 0.4) is 0 Å². The van der Waals surface area contributed by atoms with Gasteiger partial charge in [-0.1, -0.05) is 0 Å². The lowest BCUT2D eigenvalue weighted by atomic mass is 10.1. The van der Waals surface area contributed by atoms with Crippen molar-refractivity contribution in [3.05, 3.63) is 39.4 Å². The summed E-state index contributed by atoms with van der Waals surface area (Å²) in [6.45, 7) is -0.428. The first-order chi connectivity index (χ1) is 9.60. The standard InChI is InChI=1S/C10H10N2O8S/c13-9(11-1-2-21(18,19)20)6-3-7(10(14)15)5-8(4-6)12(16)17/h3-5H,1-2H2,(H,11,13)(H,14,15)(H,18,19,20). The van der Waals surface area contributed by atoms with E-state index in [0.717, 1.165) is 18.2 Å². The molecule has 0 aromatic heterocycles. The predicted octanol–water partition coefficient (Wildman–Crippen LogP) is -0.0894. The fourth-order valence-electron chi connectivity index (χ4n) is 1.37. The Morgan fingerprint density at radius 3 is 2.29 bits per heavy atom. The lowest BCUT2D eigenvalue weighted by Crippen LogP contribution is -2.29. The van der Waals surface area contributed by atoms with Crippen molar-refractivity contribution in [3.63, 3.8) is 0 Å². The highest BCUT2D eigenvalue weighted by Gasteiger charge is 2.17. The molecule has 0 bridgehead atoms. The first-order valence-corrected chi connectivity index (χ1v) is 6.97. The van der Waals surface area contributed by atoms with Gasteiger partial charge in [0.05, 0.1) is 16.2 Å². The molecule has 1 rings (SSSR count). The highest BCUT2D eigenvalue weighted by molar-refractivity contribution is 7.85. The summed E-state index contributed by atoms with van der Waals surface area (Å²) in [7, 11) is -4.26. The third-order valence-corrected chi connectivity index (χ3v) is 3.00. The zero-order valence-electron chi connectivity index (χ0n) is 10.3. The van der Waals surface area contributed by atoms with E-state index in [1.165, 1.54) is 0 Å². The molecule has 0 aliphatic carbocycles. The van der Waals surface area contributed by atoms with Crippen molar-refractivity contribution in [2.24, 2.45) is 0 Å². The van der Waals surface area contributed by atoms with Crippen molar-refractivity contribution in [2.45, 2.75) is 0 Å². The van der Waals surface area contributed by atoms with E-state index in [4.69, 9.17) is 9.66 Å². The Bertz CT molecular complexity index is 665. The average molecular weight is 318 g/mol. The summed E-state index contributed by atoms with van der Waals surface area (Å²) < 4.78 is 29.4. The molecule has 0 aliphatic rings. The summed E-state index contributed by atoms with van der Waals surface area (Å²) in [5.41, 5.74) is -1.35. The van der Waals surface area contributed by atoms with Gasteiger partial charge in [0.15, 0.2) is 0 Å². The van der Waals surface area contributed by atoms with Crippen LogP contribution in [0, 0.1) is 10.1 Å². The van der Waals surface area contributed by atoms with Crippen LogP contribution in [-0.2, 0) is 10.1 Å². The molecule has 0 heterocycles. The van der Waals surface area contributed by atoms with Crippen LogP contribution in [0.4, 0.5) is 5.69 Å². The smallest absolute Gasteiger partial charge is 0.335 e. The van der Waals surface area contributed by atoms with Crippen molar-refractivity contribution in [3.8, 4) is 0 Å². The molecule has 1 aromatic rings. The van der Waals surface area contributed by atoms with Crippen molar-refractivity contribution in [2.75, 3.05) is 12.3 Å². The maximum absolute atomic E-state index is 11.7. The van der Waals surface area contributed by atoms with Crippen LogP contribution in [-0.4, -0.2) is 47.2 Å². The van der Waals surface area contributed by atoms with E-state index in [2.05, 4.69) is 5.32 Å². The molecule has 114 valence electrons. The Morgan fingerprint density at radius 2 is 1.81 bits per heavy atom. The zero-order chi connectivity index (χ0) is 16.2. The summed E-state index contributed by atoms with van der Waals surface area (Å²) in [6.07, 6.45) is 0. The number of hydrogen-bond acceptors (Lipinski definition) is 6. The van der Waals surface area contributed by atoms with E-state index in [1.807, 2.05) is 0 Å². The Kier molecular flexibility index (Phi) is 4.94. The lowest BCUT2D eigenvalue weighted by Gasteiger charge is -2.05. The van der Waals surface area contributed by atoms with Crippen LogP contribution < -0.4 is 5.32 Å². The van der Waals surface area contributed by atoms with E-state index in [-0.39, 0.29) is 5.56 Å². The number of benzene rings is 1. The molecule has 1 aromatic carbocycles. The van der Waals surface area contributed by atoms with Gasteiger partial charge in [0, 0.05) is 24.2 Å². The van der Waals surface area contributed by atoms with Crippen molar-refractivity contribution in [1.82, 2.24) is 5.32 Å². The topological polar surface area (TPSA) is 164 Å². The van der Waals surface area contributed by atoms with Gasteiger partial charge in [0.1, 0.15) is 0 Å². The molecule has 0 radical (unpaired) electrons. The number of nitrogens with one attached hydrogen (secondary N) is 1. The minimum atomic E-state index is -4.26. The normalized spacial score (nSPS) is 10.9. The van der Waals surface area contributed by atoms with Crippen LogP contribution in [0.5, 0.6) is 0 Å². The maximum Gasteiger partial charge on any atom is 0.335 e. The number of rotatable bonds is 6. The van der Waals surface area contributed by atoms with Gasteiger partial charge >= 0.3 is 5.97 Å². The first kappa shape index (κ1) is 16.5. The van der Waals surface area contributed by atoms with Crippen molar-refractivity contribution >= 4 is 27.7 Å². The number of carboxylic acid groups (broad SMARTS) is 1. The van der Waals surface area contributed by atoms with Crippen molar-refractivity contribution < 1.29 is 32.6 Å². The molecular weight excluding hydrogens is 308 g/mol. The highest BCUT2D eigenvalue weighted by atomic mass is 32.2. The molecule has 0 spiro atoms. The van der Waals surface area contributed by atoms with Crippen LogP contribution in [0.25, 0.3) is 0 Å². The van der Waals surface area contributed by atoms with Gasteiger partial charge in [0.25, 0.3) is 21.7 Å². The Hall–Kier alpha value is -2.53. The Balaban J connectivity index is 2.98. The SMILES string of the molecule is O=C(O)c1cc(C(=O)NCCS(=O)(=O)O)cc([N+](=O)[O-])c1. The quantitative estimate of drug-likeness (QED) is 0.372. The number of hydrogen-bond donors (Lipinski definition) is 3. The van der Waals surface area contributed by atoms with Gasteiger partial charge in [0.2, 0.25) is 0 Å². The number of nitro benzene ring substituents is 1. The van der Waals surface area contributed by atoms with Crippen molar-refractivity contribution in [1.29, 1.82) is 0 Å². The number of carbonyl (C=O) groups excluding carboxylic acids is 1. The van der Waals surface area contributed by atoms with Gasteiger partial charge in [-0.25, -0.2) is 4.79 Å². The lowest BCUT2D eigenvalue weighted by molar-refractivity contribution is -0.384. The van der Waals surface area contributed by atoms with Crippen LogP contribution in [0.15, 0.2) is 18.2 Å². The third kappa shape index (κ3) is 5.16. The van der Waals surface area contributed by atoms with Gasteiger partial charge in [-0.05, 0) is 6.07 Å². The number of non-ortho nitro benzene ring substituents is 1. The summed E-state index contributed by atoms with van der Waals surface area (Å²) in [6, 6.07) is 2.56. The molecule has 3 N–H and O–H groups in total. The number of carboxylic acids is 1. The number of amides is 1. The molecular formula is C10H10N2O8S. The fraction of sp³-hybridized carbons (Fsp3) is 0.200. The minimum absolute atomic E-state index is 0.308. The van der Waals surface area contributed by atoms with E-state index in [1.54, 1.807) is 0 Å². The highest BCUT2D eigenvalue weighted by Crippen LogP contribution is 2.17. The summed E-state index contributed by atoms with van der Waals surface area (Å²) in [5, 5.41) is 21.6. The van der Waals surface area contributed by atoms with E-state index in [9.17, 15) is 28.1 Å². The molecule has 1 amide bonds. The molecule has 0 atom stereocenters. The molecule has 0 fully saturated rings. The van der Waals surface area contributed by atoms with Gasteiger partial charge in [-0.3, -0.25) is 19.5 Å². The number of nitro groups is 1. The predicted molar refractivity (Wildman–Crippen MR) is 68.8 cm³/mol. The summed E-state index contributed by atoms with van der Waals surface area (Å²) in [5.74, 6) is -3.09. The van der Waals surface area contributed by atoms with E-state index >= 15 is 0 Å². The molecule has 0 saturated heterocycles. The molecule has 0 aliphatic heterocycles. The second-order valence-electron chi connectivity index (χ2n) is 3.87. The molecule has 11 heteroatoms. The zero-order valence-corrected chi connectivity index (χ0v) is 11.2. The van der Waals surface area contributed by atoms with Crippen LogP contribution >= 0.6 is 0 Å². The van der Waals surface area contributed by atoms with Gasteiger partial charge < -0.3 is 10.4 Å².